The van der Waals surface area contributed by atoms with Crippen LogP contribution in [0.15, 0.2) is 55.3 Å². The average Bonchev–Trinajstić information content (AvgIpc) is 3.64. The van der Waals surface area contributed by atoms with Crippen LogP contribution in [-0.2, 0) is 16.1 Å². The van der Waals surface area contributed by atoms with E-state index in [2.05, 4.69) is 55.0 Å². The van der Waals surface area contributed by atoms with Crippen LogP contribution in [0, 0.1) is 0 Å². The van der Waals surface area contributed by atoms with Crippen LogP contribution < -0.4 is 10.2 Å². The Morgan fingerprint density at radius 2 is 1.93 bits per heavy atom. The van der Waals surface area contributed by atoms with Crippen molar-refractivity contribution in [3.05, 3.63) is 60.1 Å². The number of ether oxygens (including phenoxy) is 1. The maximum atomic E-state index is 11.2. The van der Waals surface area contributed by atoms with Gasteiger partial charge in [-0.15, -0.1) is 11.3 Å². The third-order valence-electron chi connectivity index (χ3n) is 7.40. The number of amides is 1. The highest BCUT2D eigenvalue weighted by Gasteiger charge is 2.22. The number of morpholine rings is 1. The second-order valence-electron chi connectivity index (χ2n) is 10.0. The van der Waals surface area contributed by atoms with E-state index in [-0.39, 0.29) is 5.91 Å². The van der Waals surface area contributed by atoms with Gasteiger partial charge >= 0.3 is 0 Å². The Bertz CT molecular complexity index is 1520. The molecule has 2 aliphatic heterocycles. The van der Waals surface area contributed by atoms with Crippen molar-refractivity contribution in [2.24, 2.45) is 0 Å². The quantitative estimate of drug-likeness (QED) is 0.239. The molecule has 0 unspecified atom stereocenters. The van der Waals surface area contributed by atoms with Gasteiger partial charge in [0, 0.05) is 74.7 Å². The second kappa shape index (κ2) is 12.3. The smallest absolute Gasteiger partial charge is 0.243 e. The van der Waals surface area contributed by atoms with Crippen molar-refractivity contribution in [3.8, 4) is 11.4 Å². The number of carbonyl (C=O) groups is 1. The SMILES string of the molecule is C=CC(=O)NC/C=C/CN1CCN(Cc2cc3nc(-c4cccc5[nH]ncc45)nc(N4CCOCC4)c3s2)CC1. The van der Waals surface area contributed by atoms with Crippen LogP contribution in [0.5, 0.6) is 0 Å². The first-order chi connectivity index (χ1) is 19.7. The molecule has 0 atom stereocenters. The average molecular weight is 559 g/mol. The van der Waals surface area contributed by atoms with E-state index in [1.165, 1.54) is 11.0 Å². The number of piperazine rings is 1. The zero-order chi connectivity index (χ0) is 27.3. The van der Waals surface area contributed by atoms with Crippen LogP contribution in [-0.4, -0.2) is 101 Å². The van der Waals surface area contributed by atoms with Crippen LogP contribution >= 0.6 is 11.3 Å². The molecular weight excluding hydrogens is 524 g/mol. The van der Waals surface area contributed by atoms with Gasteiger partial charge in [-0.05, 0) is 18.2 Å². The van der Waals surface area contributed by atoms with Gasteiger partial charge in [0.05, 0.1) is 35.1 Å². The molecule has 2 N–H and O–H groups in total. The van der Waals surface area contributed by atoms with Crippen molar-refractivity contribution >= 4 is 44.2 Å². The fourth-order valence-corrected chi connectivity index (χ4v) is 6.36. The first-order valence-electron chi connectivity index (χ1n) is 13.7. The largest absolute Gasteiger partial charge is 0.378 e. The number of nitrogens with zero attached hydrogens (tertiary/aromatic N) is 6. The maximum Gasteiger partial charge on any atom is 0.243 e. The van der Waals surface area contributed by atoms with Gasteiger partial charge in [-0.1, -0.05) is 30.9 Å². The summed E-state index contributed by atoms with van der Waals surface area (Å²) in [7, 11) is 0. The second-order valence-corrected chi connectivity index (χ2v) is 11.2. The summed E-state index contributed by atoms with van der Waals surface area (Å²) < 4.78 is 6.78. The number of rotatable bonds is 9. The molecule has 1 amide bonds. The minimum atomic E-state index is -0.144. The standard InChI is InChI=1S/C29H34N8O2S/c1-2-26(38)30-8-3-4-9-35-10-12-36(13-11-35)20-21-18-25-27(40-21)29(37-14-16-39-17-15-37)33-28(32-25)22-6-5-7-24-23(22)19-31-34-24/h2-7,18-19H,1,8-17,20H2,(H,30,38)(H,31,34)/b4-3+. The molecule has 2 aliphatic rings. The lowest BCUT2D eigenvalue weighted by atomic mass is 10.1. The summed E-state index contributed by atoms with van der Waals surface area (Å²) in [6.45, 7) is 12.9. The molecule has 0 spiro atoms. The molecule has 4 aromatic rings. The normalized spacial score (nSPS) is 17.2. The lowest BCUT2D eigenvalue weighted by Crippen LogP contribution is -2.45. The molecule has 0 saturated carbocycles. The number of aromatic amines is 1. The van der Waals surface area contributed by atoms with Crippen molar-refractivity contribution in [3.63, 3.8) is 0 Å². The Balaban J connectivity index is 1.17. The van der Waals surface area contributed by atoms with Gasteiger partial charge in [0.15, 0.2) is 11.6 Å². The summed E-state index contributed by atoms with van der Waals surface area (Å²) in [5.41, 5.74) is 2.97. The van der Waals surface area contributed by atoms with Gasteiger partial charge in [0.25, 0.3) is 0 Å². The molecule has 10 nitrogen and oxygen atoms in total. The van der Waals surface area contributed by atoms with E-state index in [9.17, 15) is 4.79 Å². The van der Waals surface area contributed by atoms with Crippen molar-refractivity contribution in [2.75, 3.05) is 70.5 Å². The highest BCUT2D eigenvalue weighted by atomic mass is 32.1. The summed E-state index contributed by atoms with van der Waals surface area (Å²) in [5.74, 6) is 1.59. The first-order valence-corrected chi connectivity index (χ1v) is 14.5. The number of H-pyrrole nitrogens is 1. The van der Waals surface area contributed by atoms with Crippen LogP contribution in [0.3, 0.4) is 0 Å². The Labute approximate surface area is 237 Å². The minimum absolute atomic E-state index is 0.144. The van der Waals surface area contributed by atoms with Crippen LogP contribution in [0.1, 0.15) is 4.88 Å². The first kappa shape index (κ1) is 26.6. The summed E-state index contributed by atoms with van der Waals surface area (Å²) in [5, 5.41) is 11.1. The van der Waals surface area contributed by atoms with E-state index >= 15 is 0 Å². The summed E-state index contributed by atoms with van der Waals surface area (Å²) in [6, 6.07) is 8.36. The number of hydrogen-bond acceptors (Lipinski definition) is 9. The Morgan fingerprint density at radius 3 is 2.75 bits per heavy atom. The minimum Gasteiger partial charge on any atom is -0.378 e. The van der Waals surface area contributed by atoms with Gasteiger partial charge in [0.1, 0.15) is 0 Å². The predicted octanol–water partition coefficient (Wildman–Crippen LogP) is 3.05. The number of carbonyl (C=O) groups excluding carboxylic acids is 1. The molecule has 0 bridgehead atoms. The summed E-state index contributed by atoms with van der Waals surface area (Å²) in [6.07, 6.45) is 7.26. The zero-order valence-corrected chi connectivity index (χ0v) is 23.3. The van der Waals surface area contributed by atoms with Gasteiger partial charge in [-0.2, -0.15) is 5.10 Å². The molecule has 1 aromatic carbocycles. The van der Waals surface area contributed by atoms with Crippen molar-refractivity contribution in [1.82, 2.24) is 35.3 Å². The van der Waals surface area contributed by atoms with E-state index < -0.39 is 0 Å². The molecule has 208 valence electrons. The van der Waals surface area contributed by atoms with Crippen molar-refractivity contribution in [1.29, 1.82) is 0 Å². The van der Waals surface area contributed by atoms with Gasteiger partial charge in [-0.3, -0.25) is 19.7 Å². The number of benzene rings is 1. The molecule has 6 rings (SSSR count). The molecular formula is C29H34N8O2S. The molecule has 2 saturated heterocycles. The van der Waals surface area contributed by atoms with E-state index in [1.807, 2.05) is 35.7 Å². The predicted molar refractivity (Wildman–Crippen MR) is 160 cm³/mol. The number of anilines is 1. The zero-order valence-electron chi connectivity index (χ0n) is 22.5. The Hall–Kier alpha value is -3.64. The third-order valence-corrected chi connectivity index (χ3v) is 8.50. The molecule has 0 radical (unpaired) electrons. The van der Waals surface area contributed by atoms with E-state index in [0.29, 0.717) is 19.8 Å². The molecule has 0 aliphatic carbocycles. The lowest BCUT2D eigenvalue weighted by molar-refractivity contribution is -0.116. The van der Waals surface area contributed by atoms with Gasteiger partial charge in [0.2, 0.25) is 5.91 Å². The summed E-state index contributed by atoms with van der Waals surface area (Å²) in [4.78, 5) is 30.0. The molecule has 3 aromatic heterocycles. The van der Waals surface area contributed by atoms with Crippen molar-refractivity contribution < 1.29 is 9.53 Å². The number of fused-ring (bicyclic) bond motifs is 2. The Kier molecular flexibility index (Phi) is 8.14. The fraction of sp³-hybridized carbons (Fsp3) is 0.379. The van der Waals surface area contributed by atoms with Gasteiger partial charge < -0.3 is 15.0 Å². The van der Waals surface area contributed by atoms with Crippen molar-refractivity contribution in [2.45, 2.75) is 6.54 Å². The number of nitrogens with one attached hydrogen (secondary N) is 2. The molecule has 40 heavy (non-hydrogen) atoms. The fourth-order valence-electron chi connectivity index (χ4n) is 5.20. The van der Waals surface area contributed by atoms with Gasteiger partial charge in [-0.25, -0.2) is 9.97 Å². The highest BCUT2D eigenvalue weighted by molar-refractivity contribution is 7.19. The monoisotopic (exact) mass is 558 g/mol. The van der Waals surface area contributed by atoms with E-state index in [4.69, 9.17) is 14.7 Å². The molecule has 11 heteroatoms. The Morgan fingerprint density at radius 1 is 1.10 bits per heavy atom. The topological polar surface area (TPSA) is 103 Å². The summed E-state index contributed by atoms with van der Waals surface area (Å²) >= 11 is 1.81. The van der Waals surface area contributed by atoms with Crippen LogP contribution in [0.25, 0.3) is 32.5 Å². The van der Waals surface area contributed by atoms with Crippen LogP contribution in [0.4, 0.5) is 5.82 Å². The third kappa shape index (κ3) is 5.92. The lowest BCUT2D eigenvalue weighted by Gasteiger charge is -2.33. The van der Waals surface area contributed by atoms with E-state index in [1.54, 1.807) is 0 Å². The maximum absolute atomic E-state index is 11.2. The molecule has 2 fully saturated rings. The number of thiophene rings is 1. The number of aromatic nitrogens is 4. The van der Waals surface area contributed by atoms with E-state index in [0.717, 1.165) is 90.7 Å². The highest BCUT2D eigenvalue weighted by Crippen LogP contribution is 2.36. The molecule has 5 heterocycles. The van der Waals surface area contributed by atoms with Crippen LogP contribution in [0.2, 0.25) is 0 Å². The number of hydrogen-bond donors (Lipinski definition) is 2.